The van der Waals surface area contributed by atoms with E-state index in [9.17, 15) is 9.59 Å². The zero-order chi connectivity index (χ0) is 14.0. The van der Waals surface area contributed by atoms with Gasteiger partial charge in [-0.1, -0.05) is 6.92 Å². The lowest BCUT2D eigenvalue weighted by Crippen LogP contribution is -2.40. The zero-order valence-electron chi connectivity index (χ0n) is 11.3. The molecule has 2 heterocycles. The molecule has 0 saturated carbocycles. The van der Waals surface area contributed by atoms with Gasteiger partial charge in [0.2, 0.25) is 5.95 Å². The number of carboxylic acid groups (broad SMARTS) is 1. The highest BCUT2D eigenvalue weighted by molar-refractivity contribution is 5.71. The molecule has 1 atom stereocenters. The number of rotatable bonds is 3. The molecule has 1 aliphatic heterocycles. The number of nitrogens with zero attached hydrogens (tertiary/aromatic N) is 2. The number of hydrogen-bond donors (Lipinski definition) is 2. The number of aliphatic carboxylic acids is 1. The highest BCUT2D eigenvalue weighted by Gasteiger charge is 2.26. The van der Waals surface area contributed by atoms with Crippen molar-refractivity contribution in [1.29, 1.82) is 0 Å². The summed E-state index contributed by atoms with van der Waals surface area (Å²) in [4.78, 5) is 32.0. The second kappa shape index (κ2) is 5.42. The standard InChI is InChI=1S/C13H19N3O3/c1-3-10-8(2)11(17)15-13(14-10)16-6-4-5-9(7-16)12(18)19/h9H,3-7H2,1-2H3,(H,18,19)(H,14,15,17). The van der Waals surface area contributed by atoms with Gasteiger partial charge in [0.15, 0.2) is 0 Å². The summed E-state index contributed by atoms with van der Waals surface area (Å²) in [6.07, 6.45) is 2.18. The number of carbonyl (C=O) groups is 1. The Kier molecular flexibility index (Phi) is 3.87. The van der Waals surface area contributed by atoms with Gasteiger partial charge < -0.3 is 10.0 Å². The smallest absolute Gasteiger partial charge is 0.308 e. The highest BCUT2D eigenvalue weighted by Crippen LogP contribution is 2.20. The number of piperidine rings is 1. The molecule has 1 aromatic rings. The van der Waals surface area contributed by atoms with Crippen molar-refractivity contribution in [2.24, 2.45) is 5.92 Å². The predicted octanol–water partition coefficient (Wildman–Crippen LogP) is 0.942. The van der Waals surface area contributed by atoms with Crippen LogP contribution in [0.1, 0.15) is 31.0 Å². The van der Waals surface area contributed by atoms with Crippen molar-refractivity contribution in [3.8, 4) is 0 Å². The molecule has 0 amide bonds. The van der Waals surface area contributed by atoms with Gasteiger partial charge in [-0.25, -0.2) is 4.98 Å². The third-order valence-electron chi connectivity index (χ3n) is 3.64. The maximum absolute atomic E-state index is 11.8. The Balaban J connectivity index is 2.29. The van der Waals surface area contributed by atoms with E-state index >= 15 is 0 Å². The van der Waals surface area contributed by atoms with Crippen molar-refractivity contribution < 1.29 is 9.90 Å². The van der Waals surface area contributed by atoms with Gasteiger partial charge in [0.25, 0.3) is 5.56 Å². The molecule has 6 nitrogen and oxygen atoms in total. The third kappa shape index (κ3) is 2.77. The predicted molar refractivity (Wildman–Crippen MR) is 71.5 cm³/mol. The van der Waals surface area contributed by atoms with Crippen molar-refractivity contribution in [2.45, 2.75) is 33.1 Å². The second-order valence-electron chi connectivity index (χ2n) is 4.94. The highest BCUT2D eigenvalue weighted by atomic mass is 16.4. The number of aromatic nitrogens is 2. The van der Waals surface area contributed by atoms with E-state index < -0.39 is 5.97 Å². The van der Waals surface area contributed by atoms with Gasteiger partial charge in [-0.3, -0.25) is 14.6 Å². The maximum atomic E-state index is 11.8. The van der Waals surface area contributed by atoms with E-state index in [1.165, 1.54) is 0 Å². The summed E-state index contributed by atoms with van der Waals surface area (Å²) < 4.78 is 0. The van der Waals surface area contributed by atoms with Gasteiger partial charge in [0, 0.05) is 18.7 Å². The fourth-order valence-corrected chi connectivity index (χ4v) is 2.43. The van der Waals surface area contributed by atoms with Crippen LogP contribution < -0.4 is 10.5 Å². The normalized spacial score (nSPS) is 19.5. The van der Waals surface area contributed by atoms with Crippen LogP contribution in [-0.2, 0) is 11.2 Å². The average molecular weight is 265 g/mol. The molecule has 0 aliphatic carbocycles. The first-order valence-electron chi connectivity index (χ1n) is 6.60. The van der Waals surface area contributed by atoms with Crippen LogP contribution >= 0.6 is 0 Å². The number of hydrogen-bond acceptors (Lipinski definition) is 4. The number of H-pyrrole nitrogens is 1. The summed E-state index contributed by atoms with van der Waals surface area (Å²) in [6.45, 7) is 4.85. The molecule has 0 spiro atoms. The molecule has 1 fully saturated rings. The van der Waals surface area contributed by atoms with Crippen molar-refractivity contribution >= 4 is 11.9 Å². The summed E-state index contributed by atoms with van der Waals surface area (Å²) >= 11 is 0. The van der Waals surface area contributed by atoms with E-state index in [1.54, 1.807) is 6.92 Å². The lowest BCUT2D eigenvalue weighted by molar-refractivity contribution is -0.141. The molecule has 2 N–H and O–H groups in total. The number of anilines is 1. The Morgan fingerprint density at radius 3 is 2.95 bits per heavy atom. The van der Waals surface area contributed by atoms with E-state index in [1.807, 2.05) is 11.8 Å². The molecule has 2 rings (SSSR count). The molecular weight excluding hydrogens is 246 g/mol. The first-order chi connectivity index (χ1) is 9.02. The molecular formula is C13H19N3O3. The van der Waals surface area contributed by atoms with Gasteiger partial charge in [-0.15, -0.1) is 0 Å². The lowest BCUT2D eigenvalue weighted by Gasteiger charge is -2.31. The van der Waals surface area contributed by atoms with Gasteiger partial charge in [-0.2, -0.15) is 0 Å². The molecule has 19 heavy (non-hydrogen) atoms. The average Bonchev–Trinajstić information content (AvgIpc) is 2.41. The summed E-state index contributed by atoms with van der Waals surface area (Å²) in [6, 6.07) is 0. The third-order valence-corrected chi connectivity index (χ3v) is 3.64. The van der Waals surface area contributed by atoms with E-state index in [0.29, 0.717) is 30.9 Å². The van der Waals surface area contributed by atoms with Crippen LogP contribution in [0.5, 0.6) is 0 Å². The molecule has 1 aliphatic rings. The van der Waals surface area contributed by atoms with Gasteiger partial charge >= 0.3 is 5.97 Å². The number of aromatic amines is 1. The van der Waals surface area contributed by atoms with Gasteiger partial charge in [0.05, 0.1) is 11.6 Å². The van der Waals surface area contributed by atoms with Crippen molar-refractivity contribution in [1.82, 2.24) is 9.97 Å². The molecule has 104 valence electrons. The van der Waals surface area contributed by atoms with Crippen molar-refractivity contribution in [2.75, 3.05) is 18.0 Å². The maximum Gasteiger partial charge on any atom is 0.308 e. The number of carboxylic acids is 1. The second-order valence-corrected chi connectivity index (χ2v) is 4.94. The number of nitrogens with one attached hydrogen (secondary N) is 1. The van der Waals surface area contributed by atoms with E-state index in [0.717, 1.165) is 18.7 Å². The summed E-state index contributed by atoms with van der Waals surface area (Å²) in [7, 11) is 0. The number of aryl methyl sites for hydroxylation is 1. The minimum atomic E-state index is -0.783. The van der Waals surface area contributed by atoms with E-state index in [4.69, 9.17) is 5.11 Å². The lowest BCUT2D eigenvalue weighted by atomic mass is 9.99. The van der Waals surface area contributed by atoms with Crippen LogP contribution in [-0.4, -0.2) is 34.1 Å². The largest absolute Gasteiger partial charge is 0.481 e. The SMILES string of the molecule is CCc1nc(N2CCCC(C(=O)O)C2)[nH]c(=O)c1C. The summed E-state index contributed by atoms with van der Waals surface area (Å²) in [5.74, 6) is -0.668. The van der Waals surface area contributed by atoms with Crippen LogP contribution in [0.25, 0.3) is 0 Å². The topological polar surface area (TPSA) is 86.3 Å². The monoisotopic (exact) mass is 265 g/mol. The first-order valence-corrected chi connectivity index (χ1v) is 6.60. The Hall–Kier alpha value is -1.85. The minimum absolute atomic E-state index is 0.140. The van der Waals surface area contributed by atoms with Crippen molar-refractivity contribution in [3.63, 3.8) is 0 Å². The van der Waals surface area contributed by atoms with Crippen LogP contribution in [0.3, 0.4) is 0 Å². The molecule has 6 heteroatoms. The molecule has 1 unspecified atom stereocenters. The molecule has 0 aromatic carbocycles. The Labute approximate surface area is 111 Å². The van der Waals surface area contributed by atoms with E-state index in [2.05, 4.69) is 9.97 Å². The Morgan fingerprint density at radius 1 is 1.58 bits per heavy atom. The zero-order valence-corrected chi connectivity index (χ0v) is 11.3. The Morgan fingerprint density at radius 2 is 2.32 bits per heavy atom. The van der Waals surface area contributed by atoms with Crippen LogP contribution in [0, 0.1) is 12.8 Å². The minimum Gasteiger partial charge on any atom is -0.481 e. The molecule has 1 aromatic heterocycles. The quantitative estimate of drug-likeness (QED) is 0.849. The summed E-state index contributed by atoms with van der Waals surface area (Å²) in [5, 5.41) is 9.08. The fourth-order valence-electron chi connectivity index (χ4n) is 2.43. The van der Waals surface area contributed by atoms with Crippen LogP contribution in [0.15, 0.2) is 4.79 Å². The fraction of sp³-hybridized carbons (Fsp3) is 0.615. The van der Waals surface area contributed by atoms with Gasteiger partial charge in [0.1, 0.15) is 0 Å². The van der Waals surface area contributed by atoms with Crippen LogP contribution in [0.4, 0.5) is 5.95 Å². The molecule has 0 bridgehead atoms. The molecule has 1 saturated heterocycles. The summed E-state index contributed by atoms with van der Waals surface area (Å²) in [5.41, 5.74) is 1.27. The molecule has 0 radical (unpaired) electrons. The first kappa shape index (κ1) is 13.6. The van der Waals surface area contributed by atoms with Crippen LogP contribution in [0.2, 0.25) is 0 Å². The Bertz CT molecular complexity index is 538. The van der Waals surface area contributed by atoms with Crippen molar-refractivity contribution in [3.05, 3.63) is 21.6 Å². The van der Waals surface area contributed by atoms with E-state index in [-0.39, 0.29) is 11.5 Å². The van der Waals surface area contributed by atoms with Gasteiger partial charge in [-0.05, 0) is 26.2 Å².